The van der Waals surface area contributed by atoms with Crippen molar-refractivity contribution in [1.29, 1.82) is 0 Å². The SMILES string of the molecule is O=C(Nc1cccc(C(F)(F)F)c1)C(F)(F)[C@]1(F)OC(F)(F)C(F)(F)C1(F)F. The molecule has 0 saturated carbocycles. The standard InChI is InChI=1S/C13H5F12NO2/c14-8(15,12(23)10(19,20)11(21,22)13(24,25)28-12)7(27)26-6-3-1-2-5(4-6)9(16,17)18/h1-4H,(H,26,27)/t12-/m0/s1. The van der Waals surface area contributed by atoms with Gasteiger partial charge in [0.25, 0.3) is 0 Å². The van der Waals surface area contributed by atoms with E-state index in [1.807, 2.05) is 0 Å². The lowest BCUT2D eigenvalue weighted by Gasteiger charge is -2.31. The Morgan fingerprint density at radius 1 is 0.893 bits per heavy atom. The molecule has 15 heteroatoms. The van der Waals surface area contributed by atoms with E-state index in [0.717, 1.165) is 5.32 Å². The van der Waals surface area contributed by atoms with Gasteiger partial charge in [-0.1, -0.05) is 6.07 Å². The molecular weight excluding hydrogens is 430 g/mol. The molecule has 2 rings (SSSR count). The third-order valence-corrected chi connectivity index (χ3v) is 3.57. The molecule has 0 spiro atoms. The van der Waals surface area contributed by atoms with Gasteiger partial charge in [-0.2, -0.15) is 52.7 Å². The van der Waals surface area contributed by atoms with Crippen LogP contribution in [0, 0.1) is 0 Å². The largest absolute Gasteiger partial charge is 0.428 e. The Morgan fingerprint density at radius 3 is 1.86 bits per heavy atom. The first-order valence-corrected chi connectivity index (χ1v) is 6.70. The minimum atomic E-state index is -6.89. The molecule has 1 aromatic rings. The third kappa shape index (κ3) is 2.86. The lowest BCUT2D eigenvalue weighted by atomic mass is 9.99. The molecule has 1 saturated heterocycles. The van der Waals surface area contributed by atoms with Crippen LogP contribution in [0.25, 0.3) is 0 Å². The van der Waals surface area contributed by atoms with Crippen LogP contribution in [0.15, 0.2) is 24.3 Å². The highest BCUT2D eigenvalue weighted by Gasteiger charge is 2.96. The summed E-state index contributed by atoms with van der Waals surface area (Å²) in [5, 5.41) is 0.857. The molecule has 1 fully saturated rings. The van der Waals surface area contributed by atoms with Crippen LogP contribution in [0.3, 0.4) is 0 Å². The molecule has 28 heavy (non-hydrogen) atoms. The van der Waals surface area contributed by atoms with Crippen LogP contribution in [0.5, 0.6) is 0 Å². The number of benzene rings is 1. The molecule has 1 aromatic carbocycles. The number of amides is 1. The zero-order chi connectivity index (χ0) is 22.0. The molecule has 158 valence electrons. The van der Waals surface area contributed by atoms with E-state index in [-0.39, 0.29) is 6.07 Å². The second-order valence-electron chi connectivity index (χ2n) is 5.47. The summed E-state index contributed by atoms with van der Waals surface area (Å²) >= 11 is 0. The van der Waals surface area contributed by atoms with Gasteiger partial charge < -0.3 is 5.32 Å². The molecule has 0 aromatic heterocycles. The van der Waals surface area contributed by atoms with E-state index in [2.05, 4.69) is 4.74 Å². The predicted octanol–water partition coefficient (Wildman–Crippen LogP) is 4.84. The van der Waals surface area contributed by atoms with Gasteiger partial charge in [0.05, 0.1) is 5.56 Å². The Kier molecular flexibility index (Phi) is 4.66. The Hall–Kier alpha value is -2.19. The smallest absolute Gasteiger partial charge is 0.321 e. The number of nitrogens with one attached hydrogen (secondary N) is 1. The number of halogens is 12. The predicted molar refractivity (Wildman–Crippen MR) is 64.8 cm³/mol. The molecule has 1 aliphatic rings. The van der Waals surface area contributed by atoms with Crippen LogP contribution < -0.4 is 5.32 Å². The first-order valence-electron chi connectivity index (χ1n) is 6.70. The Labute approximate surface area is 146 Å². The number of carbonyl (C=O) groups excluding carboxylic acids is 1. The Morgan fingerprint density at radius 2 is 1.43 bits per heavy atom. The quantitative estimate of drug-likeness (QED) is 0.691. The minimum absolute atomic E-state index is 0.00966. The van der Waals surface area contributed by atoms with Crippen molar-refractivity contribution >= 4 is 11.6 Å². The summed E-state index contributed by atoms with van der Waals surface area (Å²) in [5.41, 5.74) is -2.67. The van der Waals surface area contributed by atoms with Crippen LogP contribution in [0.4, 0.5) is 58.4 Å². The fourth-order valence-electron chi connectivity index (χ4n) is 2.08. The highest BCUT2D eigenvalue weighted by atomic mass is 19.4. The van der Waals surface area contributed by atoms with E-state index < -0.39 is 53.1 Å². The highest BCUT2D eigenvalue weighted by molar-refractivity contribution is 5.97. The van der Waals surface area contributed by atoms with Crippen molar-refractivity contribution in [2.45, 2.75) is 35.9 Å². The Balaban J connectivity index is 2.41. The summed E-state index contributed by atoms with van der Waals surface area (Å²) in [6.45, 7) is 0. The first-order chi connectivity index (χ1) is 12.3. The van der Waals surface area contributed by atoms with Crippen LogP contribution in [0.1, 0.15) is 5.56 Å². The number of carbonyl (C=O) groups is 1. The molecule has 1 amide bonds. The lowest BCUT2D eigenvalue weighted by molar-refractivity contribution is -0.366. The fourth-order valence-corrected chi connectivity index (χ4v) is 2.08. The normalized spacial score (nSPS) is 26.1. The summed E-state index contributed by atoms with van der Waals surface area (Å²) in [6.07, 6.45) is -11.5. The molecule has 0 bridgehead atoms. The number of alkyl halides is 12. The van der Waals surface area contributed by atoms with Crippen molar-refractivity contribution in [3.05, 3.63) is 29.8 Å². The molecule has 3 nitrogen and oxygen atoms in total. The van der Waals surface area contributed by atoms with E-state index in [1.54, 1.807) is 0 Å². The summed E-state index contributed by atoms with van der Waals surface area (Å²) in [7, 11) is 0. The molecule has 1 atom stereocenters. The molecule has 0 aliphatic carbocycles. The molecule has 1 N–H and O–H groups in total. The van der Waals surface area contributed by atoms with Crippen LogP contribution in [-0.4, -0.2) is 35.6 Å². The number of hydrogen-bond acceptors (Lipinski definition) is 2. The molecule has 0 unspecified atom stereocenters. The average Bonchev–Trinajstić information content (AvgIpc) is 2.62. The number of anilines is 1. The maximum absolute atomic E-state index is 14.0. The molecule has 1 aliphatic heterocycles. The van der Waals surface area contributed by atoms with Crippen LogP contribution >= 0.6 is 0 Å². The fraction of sp³-hybridized carbons (Fsp3) is 0.462. The van der Waals surface area contributed by atoms with E-state index in [4.69, 9.17) is 0 Å². The van der Waals surface area contributed by atoms with E-state index >= 15 is 0 Å². The van der Waals surface area contributed by atoms with Gasteiger partial charge in [0.15, 0.2) is 0 Å². The second-order valence-corrected chi connectivity index (χ2v) is 5.47. The van der Waals surface area contributed by atoms with Crippen molar-refractivity contribution in [2.24, 2.45) is 0 Å². The summed E-state index contributed by atoms with van der Waals surface area (Å²) in [6, 6.07) is 1.49. The van der Waals surface area contributed by atoms with E-state index in [9.17, 15) is 57.5 Å². The number of rotatable bonds is 3. The lowest BCUT2D eigenvalue weighted by Crippen LogP contribution is -2.63. The van der Waals surface area contributed by atoms with Gasteiger partial charge in [0.2, 0.25) is 0 Å². The number of ether oxygens (including phenoxy) is 1. The van der Waals surface area contributed by atoms with Gasteiger partial charge in [-0.15, -0.1) is 0 Å². The zero-order valence-corrected chi connectivity index (χ0v) is 12.7. The summed E-state index contributed by atoms with van der Waals surface area (Å²) < 4.78 is 160. The Bertz CT molecular complexity index is 790. The topological polar surface area (TPSA) is 38.3 Å². The van der Waals surface area contributed by atoms with Crippen molar-refractivity contribution in [2.75, 3.05) is 5.32 Å². The van der Waals surface area contributed by atoms with E-state index in [1.165, 1.54) is 0 Å². The van der Waals surface area contributed by atoms with Gasteiger partial charge in [0, 0.05) is 5.69 Å². The number of hydrogen-bond donors (Lipinski definition) is 1. The highest BCUT2D eigenvalue weighted by Crippen LogP contribution is 2.64. The molecule has 0 radical (unpaired) electrons. The maximum Gasteiger partial charge on any atom is 0.428 e. The molecular formula is C13H5F12NO2. The summed E-state index contributed by atoms with van der Waals surface area (Å²) in [4.78, 5) is 11.4. The summed E-state index contributed by atoms with van der Waals surface area (Å²) in [5.74, 6) is -29.8. The maximum atomic E-state index is 14.0. The van der Waals surface area contributed by atoms with Gasteiger partial charge in [0.1, 0.15) is 0 Å². The van der Waals surface area contributed by atoms with Crippen molar-refractivity contribution < 1.29 is 62.2 Å². The van der Waals surface area contributed by atoms with Gasteiger partial charge in [-0.05, 0) is 18.2 Å². The first kappa shape index (κ1) is 22.1. The third-order valence-electron chi connectivity index (χ3n) is 3.57. The average molecular weight is 435 g/mol. The monoisotopic (exact) mass is 435 g/mol. The van der Waals surface area contributed by atoms with Gasteiger partial charge >= 0.3 is 41.8 Å². The molecule has 1 heterocycles. The van der Waals surface area contributed by atoms with Crippen LogP contribution in [-0.2, 0) is 15.7 Å². The second kappa shape index (κ2) is 5.90. The van der Waals surface area contributed by atoms with Crippen molar-refractivity contribution in [3.63, 3.8) is 0 Å². The van der Waals surface area contributed by atoms with Gasteiger partial charge in [-0.3, -0.25) is 9.53 Å². The minimum Gasteiger partial charge on any atom is -0.321 e. The van der Waals surface area contributed by atoms with E-state index in [0.29, 0.717) is 18.2 Å². The van der Waals surface area contributed by atoms with Gasteiger partial charge in [-0.25, -0.2) is 0 Å². The zero-order valence-electron chi connectivity index (χ0n) is 12.7. The van der Waals surface area contributed by atoms with Crippen molar-refractivity contribution in [3.8, 4) is 0 Å². The van der Waals surface area contributed by atoms with Crippen LogP contribution in [0.2, 0.25) is 0 Å². The van der Waals surface area contributed by atoms with Crippen molar-refractivity contribution in [1.82, 2.24) is 0 Å².